The van der Waals surface area contributed by atoms with Gasteiger partial charge >= 0.3 is 0 Å². The third-order valence-electron chi connectivity index (χ3n) is 5.77. The van der Waals surface area contributed by atoms with Crippen LogP contribution in [0.2, 0.25) is 0 Å². The van der Waals surface area contributed by atoms with Crippen molar-refractivity contribution >= 4 is 27.4 Å². The second-order valence-corrected chi connectivity index (χ2v) is 9.63. The molecule has 1 aromatic carbocycles. The summed E-state index contributed by atoms with van der Waals surface area (Å²) in [7, 11) is -3.50. The lowest BCUT2D eigenvalue weighted by Gasteiger charge is -2.26. The average Bonchev–Trinajstić information content (AvgIpc) is 3.38. The minimum absolute atomic E-state index is 0.0784. The summed E-state index contributed by atoms with van der Waals surface area (Å²) in [6, 6.07) is 6.81. The van der Waals surface area contributed by atoms with Gasteiger partial charge in [0.2, 0.25) is 15.8 Å². The number of piperidine rings is 1. The molecule has 0 unspecified atom stereocenters. The maximum absolute atomic E-state index is 13.1. The third-order valence-corrected chi connectivity index (χ3v) is 7.66. The Balaban J connectivity index is 1.44. The van der Waals surface area contributed by atoms with E-state index in [2.05, 4.69) is 15.1 Å². The van der Waals surface area contributed by atoms with Crippen molar-refractivity contribution in [2.75, 3.05) is 24.5 Å². The molecule has 3 aromatic rings. The highest BCUT2D eigenvalue weighted by atomic mass is 32.2. The number of hydrogen-bond donors (Lipinski definition) is 0. The number of aryl methyl sites for hydroxylation is 1. The molecule has 0 saturated carbocycles. The largest absolute Gasteiger partial charge is 0.305 e. The first-order chi connectivity index (χ1) is 14.4. The third kappa shape index (κ3) is 3.07. The molecule has 30 heavy (non-hydrogen) atoms. The van der Waals surface area contributed by atoms with E-state index in [1.165, 1.54) is 0 Å². The summed E-state index contributed by atoms with van der Waals surface area (Å²) in [6.07, 6.45) is 5.08. The van der Waals surface area contributed by atoms with Crippen molar-refractivity contribution < 1.29 is 13.2 Å². The predicted octanol–water partition coefficient (Wildman–Crippen LogP) is 1.81. The first kappa shape index (κ1) is 19.1. The fourth-order valence-corrected chi connectivity index (χ4v) is 5.69. The summed E-state index contributed by atoms with van der Waals surface area (Å²) in [5, 5.41) is 4.30. The normalized spacial score (nSPS) is 17.4. The Kier molecular flexibility index (Phi) is 4.55. The van der Waals surface area contributed by atoms with Crippen LogP contribution in [0.3, 0.4) is 0 Å². The molecule has 0 radical (unpaired) electrons. The van der Waals surface area contributed by atoms with Gasteiger partial charge in [0.15, 0.2) is 0 Å². The second-order valence-electron chi connectivity index (χ2n) is 7.70. The number of carbonyl (C=O) groups excluding carboxylic acids is 1. The van der Waals surface area contributed by atoms with Gasteiger partial charge in [-0.15, -0.1) is 5.10 Å². The Morgan fingerprint density at radius 3 is 2.63 bits per heavy atom. The topological polar surface area (TPSA) is 101 Å². The molecule has 4 heterocycles. The average molecular weight is 427 g/mol. The molecular weight excluding hydrogens is 404 g/mol. The Bertz CT molecular complexity index is 1250. The van der Waals surface area contributed by atoms with Crippen LogP contribution in [-0.2, 0) is 16.4 Å². The van der Waals surface area contributed by atoms with Gasteiger partial charge in [-0.05, 0) is 56.0 Å². The molecular formula is C20H22N6O3S. The Morgan fingerprint density at radius 2 is 1.87 bits per heavy atom. The Morgan fingerprint density at radius 1 is 1.07 bits per heavy atom. The summed E-state index contributed by atoms with van der Waals surface area (Å²) in [6.45, 7) is 3.46. The number of nitrogens with zero attached hydrogens (tertiary/aromatic N) is 6. The van der Waals surface area contributed by atoms with Crippen LogP contribution in [0.25, 0.3) is 5.78 Å². The smallest absolute Gasteiger partial charge is 0.298 e. The molecule has 2 aromatic heterocycles. The van der Waals surface area contributed by atoms with Gasteiger partial charge in [-0.2, -0.15) is 9.29 Å². The highest BCUT2D eigenvalue weighted by Gasteiger charge is 2.31. The van der Waals surface area contributed by atoms with Gasteiger partial charge in [0.1, 0.15) is 0 Å². The van der Waals surface area contributed by atoms with Gasteiger partial charge < -0.3 is 4.90 Å². The van der Waals surface area contributed by atoms with E-state index < -0.39 is 10.0 Å². The molecule has 2 aliphatic rings. The molecule has 0 atom stereocenters. The van der Waals surface area contributed by atoms with E-state index >= 15 is 0 Å². The van der Waals surface area contributed by atoms with Crippen molar-refractivity contribution in [3.8, 4) is 0 Å². The van der Waals surface area contributed by atoms with Gasteiger partial charge in [0.25, 0.3) is 11.7 Å². The molecule has 5 rings (SSSR count). The molecule has 0 aliphatic carbocycles. The van der Waals surface area contributed by atoms with Crippen LogP contribution in [-0.4, -0.2) is 57.8 Å². The lowest BCUT2D eigenvalue weighted by Crippen LogP contribution is -2.35. The van der Waals surface area contributed by atoms with Crippen LogP contribution in [0, 0.1) is 6.92 Å². The van der Waals surface area contributed by atoms with E-state index in [4.69, 9.17) is 0 Å². The van der Waals surface area contributed by atoms with Crippen molar-refractivity contribution in [3.05, 3.63) is 47.5 Å². The maximum Gasteiger partial charge on any atom is 0.298 e. The zero-order chi connectivity index (χ0) is 20.9. The first-order valence-corrected chi connectivity index (χ1v) is 11.5. The van der Waals surface area contributed by atoms with Gasteiger partial charge in [-0.25, -0.2) is 17.9 Å². The molecule has 0 spiro atoms. The van der Waals surface area contributed by atoms with Crippen LogP contribution < -0.4 is 4.90 Å². The molecule has 2 aliphatic heterocycles. The molecule has 1 amide bonds. The number of rotatable bonds is 3. The van der Waals surface area contributed by atoms with Gasteiger partial charge in [0, 0.05) is 37.2 Å². The van der Waals surface area contributed by atoms with Crippen molar-refractivity contribution in [2.45, 2.75) is 37.5 Å². The van der Waals surface area contributed by atoms with E-state index in [0.717, 1.165) is 30.5 Å². The highest BCUT2D eigenvalue weighted by molar-refractivity contribution is 7.89. The van der Waals surface area contributed by atoms with Crippen LogP contribution >= 0.6 is 0 Å². The van der Waals surface area contributed by atoms with Crippen LogP contribution in [0.5, 0.6) is 0 Å². The standard InChI is InChI=1S/C20H22N6O3S/c1-14-7-9-21-20-22-18(23-26(14)20)19(27)25-12-8-15-13-16(5-6-17(15)25)30(28,29)24-10-3-2-4-11-24/h5-7,9,13H,2-4,8,10-12H2,1H3. The molecule has 1 fully saturated rings. The summed E-state index contributed by atoms with van der Waals surface area (Å²) in [5.41, 5.74) is 2.39. The number of amides is 1. The van der Waals surface area contributed by atoms with Crippen LogP contribution in [0.15, 0.2) is 35.4 Å². The molecule has 10 heteroatoms. The van der Waals surface area contributed by atoms with E-state index in [1.54, 1.807) is 44.2 Å². The number of benzene rings is 1. The number of hydrogen-bond acceptors (Lipinski definition) is 6. The lowest BCUT2D eigenvalue weighted by atomic mass is 10.2. The van der Waals surface area contributed by atoms with E-state index in [1.807, 2.05) is 6.92 Å². The summed E-state index contributed by atoms with van der Waals surface area (Å²) in [4.78, 5) is 23.4. The van der Waals surface area contributed by atoms with E-state index in [9.17, 15) is 13.2 Å². The van der Waals surface area contributed by atoms with Crippen molar-refractivity contribution in [3.63, 3.8) is 0 Å². The monoisotopic (exact) mass is 426 g/mol. The van der Waals surface area contributed by atoms with Crippen LogP contribution in [0.1, 0.15) is 41.1 Å². The Hall–Kier alpha value is -2.85. The molecule has 0 N–H and O–H groups in total. The van der Waals surface area contributed by atoms with Crippen molar-refractivity contribution in [1.82, 2.24) is 23.9 Å². The van der Waals surface area contributed by atoms with E-state index in [-0.39, 0.29) is 11.7 Å². The van der Waals surface area contributed by atoms with Crippen molar-refractivity contribution in [1.29, 1.82) is 0 Å². The number of anilines is 1. The van der Waals surface area contributed by atoms with Gasteiger partial charge in [-0.1, -0.05) is 6.42 Å². The summed E-state index contributed by atoms with van der Waals surface area (Å²) < 4.78 is 29.0. The summed E-state index contributed by atoms with van der Waals surface area (Å²) in [5.74, 6) is 0.140. The first-order valence-electron chi connectivity index (χ1n) is 10.1. The number of fused-ring (bicyclic) bond motifs is 2. The van der Waals surface area contributed by atoms with Gasteiger partial charge in [-0.3, -0.25) is 4.79 Å². The molecule has 0 bridgehead atoms. The second kappa shape index (κ2) is 7.13. The van der Waals surface area contributed by atoms with Crippen molar-refractivity contribution in [2.24, 2.45) is 0 Å². The minimum atomic E-state index is -3.50. The van der Waals surface area contributed by atoms with Gasteiger partial charge in [0.05, 0.1) is 4.90 Å². The molecule has 1 saturated heterocycles. The number of aromatic nitrogens is 4. The lowest BCUT2D eigenvalue weighted by molar-refractivity contribution is 0.0979. The Labute approximate surface area is 174 Å². The SMILES string of the molecule is Cc1ccnc2nc(C(=O)N3CCc4cc(S(=O)(=O)N5CCCCC5)ccc43)nn12. The molecule has 156 valence electrons. The maximum atomic E-state index is 13.1. The van der Waals surface area contributed by atoms with E-state index in [0.29, 0.717) is 42.4 Å². The fraction of sp³-hybridized carbons (Fsp3) is 0.400. The fourth-order valence-electron chi connectivity index (χ4n) is 4.12. The zero-order valence-electron chi connectivity index (χ0n) is 16.7. The zero-order valence-corrected chi connectivity index (χ0v) is 17.5. The highest BCUT2D eigenvalue weighted by Crippen LogP contribution is 2.32. The number of sulfonamides is 1. The summed E-state index contributed by atoms with van der Waals surface area (Å²) >= 11 is 0. The van der Waals surface area contributed by atoms with Crippen LogP contribution in [0.4, 0.5) is 5.69 Å². The number of carbonyl (C=O) groups is 1. The predicted molar refractivity (Wildman–Crippen MR) is 110 cm³/mol. The molecule has 9 nitrogen and oxygen atoms in total. The minimum Gasteiger partial charge on any atom is -0.305 e. The quantitative estimate of drug-likeness (QED) is 0.633.